The molecule has 0 saturated carbocycles. The average Bonchev–Trinajstić information content (AvgIpc) is 2.83. The highest BCUT2D eigenvalue weighted by atomic mass is 32.2. The first-order valence-electron chi connectivity index (χ1n) is 12.5. The van der Waals surface area contributed by atoms with Crippen LogP contribution in [0.5, 0.6) is 11.5 Å². The van der Waals surface area contributed by atoms with Crippen molar-refractivity contribution in [2.24, 2.45) is 0 Å². The van der Waals surface area contributed by atoms with Gasteiger partial charge >= 0.3 is 0 Å². The molecule has 182 valence electrons. The minimum atomic E-state index is -0.105. The maximum Gasteiger partial charge on any atom is 0.151 e. The third kappa shape index (κ3) is 3.75. The summed E-state index contributed by atoms with van der Waals surface area (Å²) >= 11 is 1.86. The van der Waals surface area contributed by atoms with Gasteiger partial charge in [-0.25, -0.2) is 0 Å². The van der Waals surface area contributed by atoms with Gasteiger partial charge in [0.15, 0.2) is 11.5 Å². The van der Waals surface area contributed by atoms with Gasteiger partial charge in [-0.1, -0.05) is 48.2 Å². The van der Waals surface area contributed by atoms with Crippen LogP contribution in [0, 0.1) is 0 Å². The molecule has 0 amide bonds. The Kier molecular flexibility index (Phi) is 5.17. The summed E-state index contributed by atoms with van der Waals surface area (Å²) in [6.07, 6.45) is 0. The van der Waals surface area contributed by atoms with Crippen molar-refractivity contribution >= 4 is 34.5 Å². The lowest BCUT2D eigenvalue weighted by atomic mass is 9.97. The van der Waals surface area contributed by atoms with E-state index in [-0.39, 0.29) is 11.1 Å². The Balaban J connectivity index is 1.48. The van der Waals surface area contributed by atoms with Crippen LogP contribution in [0.25, 0.3) is 11.1 Å². The number of hydrogen-bond acceptors (Lipinski definition) is 4. The average molecular weight is 493 g/mol. The molecule has 36 heavy (non-hydrogen) atoms. The van der Waals surface area contributed by atoms with E-state index in [0.29, 0.717) is 0 Å². The van der Waals surface area contributed by atoms with E-state index in [0.717, 1.165) is 22.9 Å². The number of nitrogens with zero attached hydrogens (tertiary/aromatic N) is 2. The quantitative estimate of drug-likeness (QED) is 0.263. The van der Waals surface area contributed by atoms with Gasteiger partial charge in [0, 0.05) is 20.9 Å². The van der Waals surface area contributed by atoms with Crippen LogP contribution in [-0.2, 0) is 0 Å². The van der Waals surface area contributed by atoms with E-state index in [1.807, 2.05) is 23.9 Å². The van der Waals surface area contributed by atoms with Gasteiger partial charge in [-0.3, -0.25) is 0 Å². The van der Waals surface area contributed by atoms with Crippen LogP contribution in [0.3, 0.4) is 0 Å². The molecule has 0 unspecified atom stereocenters. The van der Waals surface area contributed by atoms with Crippen molar-refractivity contribution in [3.8, 4) is 22.6 Å². The lowest BCUT2D eigenvalue weighted by molar-refractivity contribution is 0.451. The molecule has 0 saturated heterocycles. The zero-order valence-corrected chi connectivity index (χ0v) is 22.6. The summed E-state index contributed by atoms with van der Waals surface area (Å²) in [6, 6.07) is 30.5. The number of fused-ring (bicyclic) bond motifs is 4. The Hall–Kier alpha value is -3.37. The topological polar surface area (TPSA) is 15.7 Å². The molecule has 4 aromatic carbocycles. The SMILES string of the molecule is CC(C)(C)N1c2ccccc2Oc2ccc(-c3ccc4c(c3)N(C(C)(C)C)c3ccccc3S4)cc21. The second-order valence-corrected chi connectivity index (χ2v) is 12.6. The molecule has 2 aliphatic rings. The summed E-state index contributed by atoms with van der Waals surface area (Å²) in [5.41, 5.74) is 6.97. The standard InChI is InChI=1S/C32H32N2OS/c1-31(2,3)33-23-11-7-9-13-27(23)35-28-17-15-21(19-25(28)33)22-16-18-30-26(20-22)34(32(4,5)6)24-12-8-10-14-29(24)36-30/h7-20H,1-6H3. The van der Waals surface area contributed by atoms with Crippen LogP contribution in [0.4, 0.5) is 22.7 Å². The van der Waals surface area contributed by atoms with Crippen molar-refractivity contribution < 1.29 is 4.74 Å². The molecular formula is C32H32N2OS. The van der Waals surface area contributed by atoms with Crippen molar-refractivity contribution in [1.82, 2.24) is 0 Å². The highest BCUT2D eigenvalue weighted by Crippen LogP contribution is 2.53. The second kappa shape index (κ2) is 8.07. The number of ether oxygens (including phenoxy) is 1. The maximum absolute atomic E-state index is 6.33. The molecule has 0 bridgehead atoms. The van der Waals surface area contributed by atoms with Crippen molar-refractivity contribution in [3.05, 3.63) is 84.9 Å². The highest BCUT2D eigenvalue weighted by Gasteiger charge is 2.34. The Morgan fingerprint density at radius 2 is 1.06 bits per heavy atom. The summed E-state index contributed by atoms with van der Waals surface area (Å²) in [7, 11) is 0. The van der Waals surface area contributed by atoms with Crippen LogP contribution in [-0.4, -0.2) is 11.1 Å². The molecule has 6 rings (SSSR count). The maximum atomic E-state index is 6.33. The summed E-state index contributed by atoms with van der Waals surface area (Å²) in [5, 5.41) is 0. The van der Waals surface area contributed by atoms with Crippen LogP contribution in [0.1, 0.15) is 41.5 Å². The minimum Gasteiger partial charge on any atom is -0.453 e. The fourth-order valence-electron chi connectivity index (χ4n) is 5.31. The van der Waals surface area contributed by atoms with E-state index >= 15 is 0 Å². The monoisotopic (exact) mass is 492 g/mol. The Morgan fingerprint density at radius 3 is 1.78 bits per heavy atom. The fraction of sp³-hybridized carbons (Fsp3) is 0.250. The second-order valence-electron chi connectivity index (χ2n) is 11.5. The fourth-order valence-corrected chi connectivity index (χ4v) is 6.35. The van der Waals surface area contributed by atoms with Gasteiger partial charge in [0.25, 0.3) is 0 Å². The largest absolute Gasteiger partial charge is 0.453 e. The molecule has 0 radical (unpaired) electrons. The van der Waals surface area contributed by atoms with E-state index in [2.05, 4.69) is 124 Å². The summed E-state index contributed by atoms with van der Waals surface area (Å²) in [6.45, 7) is 13.6. The van der Waals surface area contributed by atoms with Gasteiger partial charge in [-0.05, 0) is 101 Å². The molecule has 2 heterocycles. The predicted octanol–water partition coefficient (Wildman–Crippen LogP) is 9.80. The van der Waals surface area contributed by atoms with Gasteiger partial charge in [0.1, 0.15) is 0 Å². The van der Waals surface area contributed by atoms with E-state index in [1.165, 1.54) is 32.3 Å². The summed E-state index contributed by atoms with van der Waals surface area (Å²) in [5.74, 6) is 1.80. The Labute approximate surface area is 218 Å². The Bertz CT molecular complexity index is 1370. The third-order valence-electron chi connectivity index (χ3n) is 6.73. The molecule has 4 aromatic rings. The number of anilines is 4. The molecule has 0 aromatic heterocycles. The molecule has 0 fully saturated rings. The van der Waals surface area contributed by atoms with Crippen molar-refractivity contribution in [3.63, 3.8) is 0 Å². The molecule has 0 N–H and O–H groups in total. The van der Waals surface area contributed by atoms with Gasteiger partial charge in [-0.2, -0.15) is 0 Å². The van der Waals surface area contributed by atoms with E-state index in [4.69, 9.17) is 4.74 Å². The lowest BCUT2D eigenvalue weighted by Gasteiger charge is -2.42. The lowest BCUT2D eigenvalue weighted by Crippen LogP contribution is -2.39. The number of rotatable bonds is 1. The minimum absolute atomic E-state index is 0.0547. The van der Waals surface area contributed by atoms with Gasteiger partial charge in [0.2, 0.25) is 0 Å². The van der Waals surface area contributed by atoms with E-state index < -0.39 is 0 Å². The van der Waals surface area contributed by atoms with Crippen molar-refractivity contribution in [2.75, 3.05) is 9.80 Å². The van der Waals surface area contributed by atoms with Crippen LogP contribution in [0.15, 0.2) is 94.7 Å². The molecular weight excluding hydrogens is 460 g/mol. The third-order valence-corrected chi connectivity index (χ3v) is 7.86. The molecule has 3 nitrogen and oxygen atoms in total. The molecule has 0 spiro atoms. The van der Waals surface area contributed by atoms with Crippen molar-refractivity contribution in [1.29, 1.82) is 0 Å². The molecule has 0 aliphatic carbocycles. The summed E-state index contributed by atoms with van der Waals surface area (Å²) in [4.78, 5) is 7.48. The number of hydrogen-bond donors (Lipinski definition) is 0. The number of benzene rings is 4. The molecule has 2 aliphatic heterocycles. The van der Waals surface area contributed by atoms with Gasteiger partial charge < -0.3 is 14.5 Å². The first-order valence-corrected chi connectivity index (χ1v) is 13.4. The van der Waals surface area contributed by atoms with Crippen LogP contribution < -0.4 is 14.5 Å². The van der Waals surface area contributed by atoms with E-state index in [9.17, 15) is 0 Å². The smallest absolute Gasteiger partial charge is 0.151 e. The van der Waals surface area contributed by atoms with Crippen LogP contribution >= 0.6 is 11.8 Å². The molecule has 4 heteroatoms. The zero-order valence-electron chi connectivity index (χ0n) is 21.8. The Morgan fingerprint density at radius 1 is 0.528 bits per heavy atom. The summed E-state index contributed by atoms with van der Waals surface area (Å²) < 4.78 is 6.33. The van der Waals surface area contributed by atoms with Gasteiger partial charge in [0.05, 0.1) is 22.7 Å². The van der Waals surface area contributed by atoms with E-state index in [1.54, 1.807) is 0 Å². The van der Waals surface area contributed by atoms with Crippen molar-refractivity contribution in [2.45, 2.75) is 62.4 Å². The normalized spacial score (nSPS) is 14.4. The highest BCUT2D eigenvalue weighted by molar-refractivity contribution is 7.99. The predicted molar refractivity (Wildman–Crippen MR) is 153 cm³/mol. The zero-order chi connectivity index (χ0) is 25.2. The van der Waals surface area contributed by atoms with Gasteiger partial charge in [-0.15, -0.1) is 0 Å². The first kappa shape index (κ1) is 23.1. The number of para-hydroxylation sites is 3. The van der Waals surface area contributed by atoms with Crippen LogP contribution in [0.2, 0.25) is 0 Å². The molecule has 0 atom stereocenters. The first-order chi connectivity index (χ1) is 17.1.